The highest BCUT2D eigenvalue weighted by Crippen LogP contribution is 2.25. The van der Waals surface area contributed by atoms with E-state index in [4.69, 9.17) is 0 Å². The summed E-state index contributed by atoms with van der Waals surface area (Å²) in [6, 6.07) is 11.9. The zero-order chi connectivity index (χ0) is 20.4. The van der Waals surface area contributed by atoms with Gasteiger partial charge in [-0.15, -0.1) is 0 Å². The van der Waals surface area contributed by atoms with Gasteiger partial charge in [0.25, 0.3) is 5.91 Å². The number of fused-ring (bicyclic) bond motifs is 1. The van der Waals surface area contributed by atoms with E-state index in [0.29, 0.717) is 23.4 Å². The molecule has 2 aromatic carbocycles. The Kier molecular flexibility index (Phi) is 4.86. The lowest BCUT2D eigenvalue weighted by atomic mass is 10.2. The Labute approximate surface area is 164 Å². The average Bonchev–Trinajstić information content (AvgIpc) is 3.18. The van der Waals surface area contributed by atoms with E-state index in [9.17, 15) is 13.6 Å². The molecule has 29 heavy (non-hydrogen) atoms. The molecule has 4 rings (SSSR count). The summed E-state index contributed by atoms with van der Waals surface area (Å²) >= 11 is 0. The molecule has 2 heterocycles. The minimum Gasteiger partial charge on any atom is -0.352 e. The van der Waals surface area contributed by atoms with E-state index in [1.165, 1.54) is 16.8 Å². The molecule has 0 aliphatic heterocycles. The fourth-order valence-electron chi connectivity index (χ4n) is 2.83. The number of carbonyl (C=O) groups is 1. The zero-order valence-corrected chi connectivity index (χ0v) is 15.4. The van der Waals surface area contributed by atoms with Gasteiger partial charge in [-0.05, 0) is 43.3 Å². The Morgan fingerprint density at radius 1 is 1.03 bits per heavy atom. The van der Waals surface area contributed by atoms with Crippen LogP contribution in [-0.2, 0) is 0 Å². The Bertz CT molecular complexity index is 1170. The smallest absolute Gasteiger partial charge is 0.251 e. The van der Waals surface area contributed by atoms with E-state index < -0.39 is 11.6 Å². The molecule has 0 bridgehead atoms. The summed E-state index contributed by atoms with van der Waals surface area (Å²) in [4.78, 5) is 20.4. The van der Waals surface area contributed by atoms with E-state index in [-0.39, 0.29) is 23.2 Å². The molecule has 146 valence electrons. The summed E-state index contributed by atoms with van der Waals surface area (Å²) in [5, 5.41) is 9.92. The number of halogens is 2. The fraction of sp³-hybridized carbons (Fsp3) is 0.100. The number of rotatable bonds is 5. The molecular formula is C20H16F2N6O. The molecule has 0 unspecified atom stereocenters. The third kappa shape index (κ3) is 3.62. The third-order valence-corrected chi connectivity index (χ3v) is 4.18. The molecule has 4 aromatic rings. The Morgan fingerprint density at radius 2 is 1.76 bits per heavy atom. The molecule has 0 saturated carbocycles. The Balaban J connectivity index is 1.72. The number of benzene rings is 2. The van der Waals surface area contributed by atoms with Gasteiger partial charge < -0.3 is 10.6 Å². The van der Waals surface area contributed by atoms with Crippen LogP contribution in [-0.4, -0.2) is 32.0 Å². The molecule has 2 aromatic heterocycles. The minimum atomic E-state index is -0.758. The van der Waals surface area contributed by atoms with Crippen LogP contribution in [0.2, 0.25) is 0 Å². The summed E-state index contributed by atoms with van der Waals surface area (Å²) < 4.78 is 29.8. The number of aromatic nitrogens is 4. The number of nitrogens with one attached hydrogen (secondary N) is 2. The first-order chi connectivity index (χ1) is 14.1. The number of amides is 1. The normalized spacial score (nSPS) is 10.9. The summed E-state index contributed by atoms with van der Waals surface area (Å²) in [5.41, 5.74) is 1.19. The van der Waals surface area contributed by atoms with E-state index in [1.54, 1.807) is 30.3 Å². The number of hydrogen-bond donors (Lipinski definition) is 2. The lowest BCUT2D eigenvalue weighted by molar-refractivity contribution is 0.0956. The third-order valence-electron chi connectivity index (χ3n) is 4.18. The van der Waals surface area contributed by atoms with Crippen molar-refractivity contribution < 1.29 is 13.6 Å². The van der Waals surface area contributed by atoms with E-state index in [0.717, 1.165) is 12.1 Å². The number of anilines is 2. The van der Waals surface area contributed by atoms with Crippen molar-refractivity contribution in [3.63, 3.8) is 0 Å². The Morgan fingerprint density at radius 3 is 2.45 bits per heavy atom. The van der Waals surface area contributed by atoms with Gasteiger partial charge in [0.05, 0.1) is 11.8 Å². The van der Waals surface area contributed by atoms with Crippen molar-refractivity contribution in [2.45, 2.75) is 6.92 Å². The van der Waals surface area contributed by atoms with E-state index in [2.05, 4.69) is 25.7 Å². The molecule has 0 spiro atoms. The SMILES string of the molecule is CCNC(=O)c1ccc(Nc2nc(-c3c(F)cccc3F)nc3ccnn23)cc1. The van der Waals surface area contributed by atoms with Crippen molar-refractivity contribution in [2.24, 2.45) is 0 Å². The molecule has 0 aliphatic rings. The highest BCUT2D eigenvalue weighted by atomic mass is 19.1. The highest BCUT2D eigenvalue weighted by molar-refractivity contribution is 5.94. The van der Waals surface area contributed by atoms with Crippen molar-refractivity contribution in [3.05, 3.63) is 71.9 Å². The lowest BCUT2D eigenvalue weighted by Crippen LogP contribution is -2.22. The summed E-state index contributed by atoms with van der Waals surface area (Å²) in [6.45, 7) is 2.38. The van der Waals surface area contributed by atoms with Gasteiger partial charge in [0.15, 0.2) is 11.5 Å². The van der Waals surface area contributed by atoms with Crippen LogP contribution < -0.4 is 10.6 Å². The molecule has 7 nitrogen and oxygen atoms in total. The second-order valence-electron chi connectivity index (χ2n) is 6.13. The topological polar surface area (TPSA) is 84.2 Å². The van der Waals surface area contributed by atoms with Crippen LogP contribution in [0.4, 0.5) is 20.4 Å². The standard InChI is InChI=1S/C20H16F2N6O/c1-2-23-19(29)12-6-8-13(9-7-12)25-20-27-18(26-16-10-11-24-28(16)20)17-14(21)4-3-5-15(17)22/h3-11H,2H2,1H3,(H,23,29)(H,25,26,27). The predicted molar refractivity (Wildman–Crippen MR) is 104 cm³/mol. The summed E-state index contributed by atoms with van der Waals surface area (Å²) in [5.74, 6) is -1.57. The second kappa shape index (κ2) is 7.63. The van der Waals surface area contributed by atoms with Crippen molar-refractivity contribution in [1.82, 2.24) is 24.9 Å². The molecule has 2 N–H and O–H groups in total. The number of hydrogen-bond acceptors (Lipinski definition) is 5. The van der Waals surface area contributed by atoms with Gasteiger partial charge in [0.1, 0.15) is 11.6 Å². The van der Waals surface area contributed by atoms with Crippen molar-refractivity contribution in [3.8, 4) is 11.4 Å². The first-order valence-electron chi connectivity index (χ1n) is 8.88. The molecule has 0 aliphatic carbocycles. The molecule has 0 fully saturated rings. The van der Waals surface area contributed by atoms with Gasteiger partial charge in [0, 0.05) is 23.9 Å². The van der Waals surface area contributed by atoms with Gasteiger partial charge in [0.2, 0.25) is 5.95 Å². The maximum atomic E-state index is 14.2. The van der Waals surface area contributed by atoms with Crippen LogP contribution >= 0.6 is 0 Å². The largest absolute Gasteiger partial charge is 0.352 e. The lowest BCUT2D eigenvalue weighted by Gasteiger charge is -2.11. The maximum absolute atomic E-state index is 14.2. The van der Waals surface area contributed by atoms with Crippen molar-refractivity contribution in [1.29, 1.82) is 0 Å². The molecular weight excluding hydrogens is 378 g/mol. The predicted octanol–water partition coefficient (Wildman–Crippen LogP) is 3.56. The van der Waals surface area contributed by atoms with Crippen LogP contribution in [0.5, 0.6) is 0 Å². The van der Waals surface area contributed by atoms with Gasteiger partial charge in [-0.3, -0.25) is 4.79 Å². The van der Waals surface area contributed by atoms with E-state index in [1.807, 2.05) is 6.92 Å². The van der Waals surface area contributed by atoms with Crippen LogP contribution in [0.1, 0.15) is 17.3 Å². The van der Waals surface area contributed by atoms with Crippen LogP contribution in [0.15, 0.2) is 54.7 Å². The molecule has 0 atom stereocenters. The highest BCUT2D eigenvalue weighted by Gasteiger charge is 2.17. The Hall–Kier alpha value is -3.88. The molecule has 0 radical (unpaired) electrons. The molecule has 1 amide bonds. The van der Waals surface area contributed by atoms with Gasteiger partial charge >= 0.3 is 0 Å². The maximum Gasteiger partial charge on any atom is 0.251 e. The van der Waals surface area contributed by atoms with Gasteiger partial charge in [-0.2, -0.15) is 14.6 Å². The number of nitrogens with zero attached hydrogens (tertiary/aromatic N) is 4. The minimum absolute atomic E-state index is 0.102. The summed E-state index contributed by atoms with van der Waals surface area (Å²) in [7, 11) is 0. The monoisotopic (exact) mass is 394 g/mol. The summed E-state index contributed by atoms with van der Waals surface area (Å²) in [6.07, 6.45) is 1.51. The van der Waals surface area contributed by atoms with E-state index >= 15 is 0 Å². The van der Waals surface area contributed by atoms with Crippen LogP contribution in [0.25, 0.3) is 17.0 Å². The first-order valence-corrected chi connectivity index (χ1v) is 8.88. The van der Waals surface area contributed by atoms with Crippen LogP contribution in [0, 0.1) is 11.6 Å². The fourth-order valence-corrected chi connectivity index (χ4v) is 2.83. The van der Waals surface area contributed by atoms with Crippen LogP contribution in [0.3, 0.4) is 0 Å². The number of carbonyl (C=O) groups excluding carboxylic acids is 1. The van der Waals surface area contributed by atoms with Gasteiger partial charge in [-0.25, -0.2) is 13.8 Å². The quantitative estimate of drug-likeness (QED) is 0.541. The van der Waals surface area contributed by atoms with Crippen molar-refractivity contribution in [2.75, 3.05) is 11.9 Å². The second-order valence-corrected chi connectivity index (χ2v) is 6.13. The van der Waals surface area contributed by atoms with Gasteiger partial charge in [-0.1, -0.05) is 6.07 Å². The van der Waals surface area contributed by atoms with Crippen molar-refractivity contribution >= 4 is 23.2 Å². The molecule has 0 saturated heterocycles. The average molecular weight is 394 g/mol. The zero-order valence-electron chi connectivity index (χ0n) is 15.4. The first kappa shape index (κ1) is 18.5. The molecule has 9 heteroatoms.